The van der Waals surface area contributed by atoms with Crippen LogP contribution in [-0.4, -0.2) is 42.7 Å². The summed E-state index contributed by atoms with van der Waals surface area (Å²) in [6.45, 7) is 4.72. The van der Waals surface area contributed by atoms with E-state index in [0.29, 0.717) is 12.5 Å². The second kappa shape index (κ2) is 7.05. The lowest BCUT2D eigenvalue weighted by molar-refractivity contribution is -0.146. The van der Waals surface area contributed by atoms with Crippen LogP contribution in [0, 0.1) is 5.92 Å². The van der Waals surface area contributed by atoms with Gasteiger partial charge in [0.1, 0.15) is 0 Å². The zero-order valence-electron chi connectivity index (χ0n) is 13.0. The molecule has 1 aromatic rings. The van der Waals surface area contributed by atoms with Gasteiger partial charge in [0.25, 0.3) is 0 Å². The average Bonchev–Trinajstić information content (AvgIpc) is 2.53. The van der Waals surface area contributed by atoms with Crippen molar-refractivity contribution in [3.05, 3.63) is 35.9 Å². The number of likely N-dealkylation sites (tertiary alicyclic amines) is 1. The number of piperidine rings is 1. The first-order valence-electron chi connectivity index (χ1n) is 7.82. The van der Waals surface area contributed by atoms with E-state index in [1.165, 1.54) is 12.8 Å². The molecule has 4 heteroatoms. The van der Waals surface area contributed by atoms with Crippen molar-refractivity contribution in [2.24, 2.45) is 5.92 Å². The number of hydrogen-bond acceptors (Lipinski definition) is 3. The molecular formula is C17H26N2O2. The summed E-state index contributed by atoms with van der Waals surface area (Å²) in [5.41, 5.74) is -0.213. The SMILES string of the molecule is CCC1CCCN(CC(NC)(C(=O)O)c2ccccc2)C1. The number of nitrogens with one attached hydrogen (secondary N) is 1. The molecule has 1 aromatic carbocycles. The van der Waals surface area contributed by atoms with Crippen LogP contribution in [-0.2, 0) is 10.3 Å². The van der Waals surface area contributed by atoms with E-state index < -0.39 is 11.5 Å². The summed E-state index contributed by atoms with van der Waals surface area (Å²) in [5.74, 6) is -0.118. The Bertz CT molecular complexity index is 463. The predicted molar refractivity (Wildman–Crippen MR) is 84.3 cm³/mol. The highest BCUT2D eigenvalue weighted by atomic mass is 16.4. The molecule has 0 aromatic heterocycles. The van der Waals surface area contributed by atoms with Gasteiger partial charge in [0.2, 0.25) is 0 Å². The maximum Gasteiger partial charge on any atom is 0.329 e. The van der Waals surface area contributed by atoms with E-state index in [4.69, 9.17) is 0 Å². The number of nitrogens with zero attached hydrogens (tertiary/aromatic N) is 1. The van der Waals surface area contributed by atoms with Crippen LogP contribution in [0.2, 0.25) is 0 Å². The van der Waals surface area contributed by atoms with Gasteiger partial charge in [-0.05, 0) is 37.9 Å². The number of likely N-dealkylation sites (N-methyl/N-ethyl adjacent to an activating group) is 1. The van der Waals surface area contributed by atoms with Crippen LogP contribution < -0.4 is 5.32 Å². The standard InChI is InChI=1S/C17H26N2O2/c1-3-14-8-7-11-19(12-14)13-17(18-2,16(20)21)15-9-5-4-6-10-15/h4-6,9-10,14,18H,3,7-8,11-13H2,1-2H3,(H,20,21). The molecule has 2 atom stereocenters. The van der Waals surface area contributed by atoms with E-state index in [2.05, 4.69) is 17.1 Å². The molecule has 0 radical (unpaired) electrons. The molecule has 1 fully saturated rings. The zero-order chi connectivity index (χ0) is 15.3. The van der Waals surface area contributed by atoms with Crippen molar-refractivity contribution in [3.8, 4) is 0 Å². The predicted octanol–water partition coefficient (Wildman–Crippen LogP) is 2.31. The van der Waals surface area contributed by atoms with Gasteiger partial charge < -0.3 is 15.3 Å². The lowest BCUT2D eigenvalue weighted by Gasteiger charge is -2.39. The molecule has 0 saturated carbocycles. The van der Waals surface area contributed by atoms with Crippen LogP contribution in [0.15, 0.2) is 30.3 Å². The van der Waals surface area contributed by atoms with E-state index in [1.54, 1.807) is 7.05 Å². The third-order valence-corrected chi connectivity index (χ3v) is 4.70. The summed E-state index contributed by atoms with van der Waals surface area (Å²) in [5, 5.41) is 12.9. The van der Waals surface area contributed by atoms with Crippen LogP contribution in [0.3, 0.4) is 0 Å². The highest BCUT2D eigenvalue weighted by Gasteiger charge is 2.41. The number of aliphatic carboxylic acids is 1. The van der Waals surface area contributed by atoms with Crippen molar-refractivity contribution in [3.63, 3.8) is 0 Å². The van der Waals surface area contributed by atoms with E-state index in [-0.39, 0.29) is 0 Å². The number of benzene rings is 1. The van der Waals surface area contributed by atoms with Crippen molar-refractivity contribution in [2.75, 3.05) is 26.7 Å². The fraction of sp³-hybridized carbons (Fsp3) is 0.588. The van der Waals surface area contributed by atoms with Crippen molar-refractivity contribution >= 4 is 5.97 Å². The highest BCUT2D eigenvalue weighted by Crippen LogP contribution is 2.26. The molecule has 0 bridgehead atoms. The highest BCUT2D eigenvalue weighted by molar-refractivity contribution is 5.81. The van der Waals surface area contributed by atoms with Gasteiger partial charge in [-0.3, -0.25) is 0 Å². The van der Waals surface area contributed by atoms with Crippen molar-refractivity contribution in [1.82, 2.24) is 10.2 Å². The number of hydrogen-bond donors (Lipinski definition) is 2. The van der Waals surface area contributed by atoms with Crippen molar-refractivity contribution in [2.45, 2.75) is 31.7 Å². The van der Waals surface area contributed by atoms with E-state index in [1.807, 2.05) is 30.3 Å². The maximum atomic E-state index is 12.0. The van der Waals surface area contributed by atoms with Gasteiger partial charge in [-0.1, -0.05) is 43.7 Å². The average molecular weight is 290 g/mol. The molecule has 0 amide bonds. The minimum absolute atomic E-state index is 0.513. The molecule has 0 spiro atoms. The Morgan fingerprint density at radius 1 is 1.43 bits per heavy atom. The van der Waals surface area contributed by atoms with Crippen LogP contribution in [0.25, 0.3) is 0 Å². The smallest absolute Gasteiger partial charge is 0.329 e. The second-order valence-corrected chi connectivity index (χ2v) is 5.98. The van der Waals surface area contributed by atoms with Crippen LogP contribution in [0.1, 0.15) is 31.7 Å². The zero-order valence-corrected chi connectivity index (χ0v) is 13.0. The lowest BCUT2D eigenvalue weighted by Crippen LogP contribution is -2.56. The van der Waals surface area contributed by atoms with Crippen LogP contribution >= 0.6 is 0 Å². The number of carboxylic acid groups (broad SMARTS) is 1. The van der Waals surface area contributed by atoms with Crippen molar-refractivity contribution < 1.29 is 9.90 Å². The van der Waals surface area contributed by atoms with Crippen molar-refractivity contribution in [1.29, 1.82) is 0 Å². The van der Waals surface area contributed by atoms with Gasteiger partial charge in [-0.2, -0.15) is 0 Å². The van der Waals surface area contributed by atoms with E-state index in [0.717, 1.165) is 25.1 Å². The Labute approximate surface area is 127 Å². The van der Waals surface area contributed by atoms with Gasteiger partial charge in [-0.25, -0.2) is 4.79 Å². The van der Waals surface area contributed by atoms with Gasteiger partial charge in [0, 0.05) is 13.1 Å². The molecule has 2 N–H and O–H groups in total. The summed E-state index contributed by atoms with van der Waals surface area (Å²) in [4.78, 5) is 14.3. The first-order chi connectivity index (χ1) is 10.1. The summed E-state index contributed by atoms with van der Waals surface area (Å²) < 4.78 is 0. The van der Waals surface area contributed by atoms with Gasteiger partial charge in [0.15, 0.2) is 5.54 Å². The third kappa shape index (κ3) is 3.44. The molecule has 2 unspecified atom stereocenters. The fourth-order valence-corrected chi connectivity index (χ4v) is 3.30. The normalized spacial score (nSPS) is 22.7. The Hall–Kier alpha value is -1.39. The molecule has 1 aliphatic rings. The number of rotatable bonds is 6. The number of carboxylic acids is 1. The van der Waals surface area contributed by atoms with Crippen LogP contribution in [0.5, 0.6) is 0 Å². The Morgan fingerprint density at radius 2 is 2.14 bits per heavy atom. The van der Waals surface area contributed by atoms with E-state index >= 15 is 0 Å². The third-order valence-electron chi connectivity index (χ3n) is 4.70. The Kier molecular flexibility index (Phi) is 5.37. The molecular weight excluding hydrogens is 264 g/mol. The Morgan fingerprint density at radius 3 is 2.71 bits per heavy atom. The lowest BCUT2D eigenvalue weighted by atomic mass is 9.87. The number of carbonyl (C=O) groups is 1. The minimum atomic E-state index is -1.03. The molecule has 2 rings (SSSR count). The first kappa shape index (κ1) is 16.0. The van der Waals surface area contributed by atoms with Gasteiger partial charge in [0.05, 0.1) is 0 Å². The second-order valence-electron chi connectivity index (χ2n) is 5.98. The molecule has 1 saturated heterocycles. The molecule has 21 heavy (non-hydrogen) atoms. The first-order valence-corrected chi connectivity index (χ1v) is 7.82. The quantitative estimate of drug-likeness (QED) is 0.844. The summed E-state index contributed by atoms with van der Waals surface area (Å²) >= 11 is 0. The van der Waals surface area contributed by atoms with Crippen LogP contribution in [0.4, 0.5) is 0 Å². The monoisotopic (exact) mass is 290 g/mol. The summed E-state index contributed by atoms with van der Waals surface area (Å²) in [6, 6.07) is 9.50. The van der Waals surface area contributed by atoms with Gasteiger partial charge in [-0.15, -0.1) is 0 Å². The molecule has 1 aliphatic heterocycles. The topological polar surface area (TPSA) is 52.6 Å². The molecule has 0 aliphatic carbocycles. The van der Waals surface area contributed by atoms with Gasteiger partial charge >= 0.3 is 5.97 Å². The molecule has 116 valence electrons. The largest absolute Gasteiger partial charge is 0.480 e. The maximum absolute atomic E-state index is 12.0. The Balaban J connectivity index is 2.23. The minimum Gasteiger partial charge on any atom is -0.480 e. The summed E-state index contributed by atoms with van der Waals surface area (Å²) in [6.07, 6.45) is 3.59. The molecule has 4 nitrogen and oxygen atoms in total. The summed E-state index contributed by atoms with van der Waals surface area (Å²) in [7, 11) is 1.74. The molecule has 1 heterocycles. The van der Waals surface area contributed by atoms with E-state index in [9.17, 15) is 9.90 Å². The fourth-order valence-electron chi connectivity index (χ4n) is 3.30.